The van der Waals surface area contributed by atoms with Crippen LogP contribution in [0.3, 0.4) is 0 Å². The van der Waals surface area contributed by atoms with E-state index in [2.05, 4.69) is 25.7 Å². The molecule has 1 nitrogen and oxygen atoms in total. The van der Waals surface area contributed by atoms with Crippen LogP contribution in [0.5, 0.6) is 0 Å². The molecule has 1 heteroatoms. The fourth-order valence-corrected chi connectivity index (χ4v) is 0.796. The van der Waals surface area contributed by atoms with Crippen LogP contribution in [0.1, 0.15) is 0 Å². The molecule has 0 radical (unpaired) electrons. The molecule has 0 aromatic heterocycles. The van der Waals surface area contributed by atoms with Crippen LogP contribution in [0.25, 0.3) is 0 Å². The Morgan fingerprint density at radius 1 is 1.23 bits per heavy atom. The first-order chi connectivity index (χ1) is 6.21. The summed E-state index contributed by atoms with van der Waals surface area (Å²) in [5, 5.41) is 9.37. The highest BCUT2D eigenvalue weighted by Crippen LogP contribution is 2.14. The van der Waals surface area contributed by atoms with Gasteiger partial charge in [0.2, 0.25) is 0 Å². The van der Waals surface area contributed by atoms with Crippen LogP contribution in [-0.4, -0.2) is 5.11 Å². The Balaban J connectivity index is 5.33. The monoisotopic (exact) mass is 172 g/mol. The molecule has 66 valence electrons. The van der Waals surface area contributed by atoms with Gasteiger partial charge in [0.15, 0.2) is 0 Å². The highest BCUT2D eigenvalue weighted by atomic mass is 16.3. The topological polar surface area (TPSA) is 20.2 Å². The van der Waals surface area contributed by atoms with E-state index in [1.54, 1.807) is 12.2 Å². The van der Waals surface area contributed by atoms with Gasteiger partial charge in [0.1, 0.15) is 5.76 Å². The number of aliphatic hydroxyl groups is 1. The summed E-state index contributed by atoms with van der Waals surface area (Å²) in [5.41, 5.74) is 1.01. The number of allylic oxidation sites excluding steroid dienone is 6. The van der Waals surface area contributed by atoms with Gasteiger partial charge in [0, 0.05) is 11.1 Å². The van der Waals surface area contributed by atoms with E-state index in [9.17, 15) is 5.11 Å². The summed E-state index contributed by atoms with van der Waals surface area (Å²) < 4.78 is 0. The molecule has 0 aliphatic heterocycles. The Morgan fingerprint density at radius 2 is 1.85 bits per heavy atom. The molecular weight excluding hydrogens is 160 g/mol. The van der Waals surface area contributed by atoms with E-state index in [-0.39, 0.29) is 5.76 Å². The van der Waals surface area contributed by atoms with E-state index in [0.29, 0.717) is 11.1 Å². The highest BCUT2D eigenvalue weighted by Gasteiger charge is 2.01. The zero-order valence-electron chi connectivity index (χ0n) is 7.46. The molecule has 0 rings (SSSR count). The van der Waals surface area contributed by atoms with Crippen molar-refractivity contribution in [2.75, 3.05) is 0 Å². The van der Waals surface area contributed by atoms with Crippen LogP contribution in [0.2, 0.25) is 0 Å². The molecule has 0 saturated heterocycles. The van der Waals surface area contributed by atoms with Crippen LogP contribution in [0.4, 0.5) is 0 Å². The second-order valence-electron chi connectivity index (χ2n) is 2.17. The quantitative estimate of drug-likeness (QED) is 0.392. The van der Waals surface area contributed by atoms with Crippen molar-refractivity contribution in [2.24, 2.45) is 0 Å². The molecule has 0 fully saturated rings. The SMILES string of the molecule is C#CC(=C\C=C)/C(C=C)=C(\O)C=C. The van der Waals surface area contributed by atoms with Crippen molar-refractivity contribution in [2.45, 2.75) is 0 Å². The second-order valence-corrected chi connectivity index (χ2v) is 2.17. The third-order valence-corrected chi connectivity index (χ3v) is 1.40. The number of terminal acetylenes is 1. The lowest BCUT2D eigenvalue weighted by Crippen LogP contribution is -1.88. The Hall–Kier alpha value is -1.94. The van der Waals surface area contributed by atoms with Crippen molar-refractivity contribution in [3.8, 4) is 12.3 Å². The van der Waals surface area contributed by atoms with Crippen molar-refractivity contribution in [3.05, 3.63) is 60.9 Å². The van der Waals surface area contributed by atoms with Crippen LogP contribution in [0.15, 0.2) is 60.9 Å². The average Bonchev–Trinajstić information content (AvgIpc) is 2.17. The Kier molecular flexibility index (Phi) is 4.83. The highest BCUT2D eigenvalue weighted by molar-refractivity contribution is 5.53. The number of aliphatic hydroxyl groups excluding tert-OH is 1. The minimum absolute atomic E-state index is 0.0149. The van der Waals surface area contributed by atoms with Crippen molar-refractivity contribution >= 4 is 0 Å². The average molecular weight is 172 g/mol. The smallest absolute Gasteiger partial charge is 0.123 e. The molecule has 0 aromatic carbocycles. The Labute approximate surface area is 79.1 Å². The minimum atomic E-state index is 0.0149. The maximum atomic E-state index is 9.37. The van der Waals surface area contributed by atoms with E-state index in [4.69, 9.17) is 6.42 Å². The third kappa shape index (κ3) is 2.88. The van der Waals surface area contributed by atoms with E-state index < -0.39 is 0 Å². The maximum absolute atomic E-state index is 9.37. The minimum Gasteiger partial charge on any atom is -0.507 e. The van der Waals surface area contributed by atoms with Crippen molar-refractivity contribution in [3.63, 3.8) is 0 Å². The van der Waals surface area contributed by atoms with Gasteiger partial charge in [-0.15, -0.1) is 6.42 Å². The Morgan fingerprint density at radius 3 is 2.15 bits per heavy atom. The predicted octanol–water partition coefficient (Wildman–Crippen LogP) is 2.92. The molecule has 0 atom stereocenters. The van der Waals surface area contributed by atoms with E-state index >= 15 is 0 Å². The summed E-state index contributed by atoms with van der Waals surface area (Å²) in [4.78, 5) is 0. The number of hydrogen-bond donors (Lipinski definition) is 1. The molecule has 13 heavy (non-hydrogen) atoms. The lowest BCUT2D eigenvalue weighted by molar-refractivity contribution is 0.429. The molecule has 0 spiro atoms. The van der Waals surface area contributed by atoms with Gasteiger partial charge in [-0.2, -0.15) is 0 Å². The molecule has 0 bridgehead atoms. The second kappa shape index (κ2) is 5.68. The summed E-state index contributed by atoms with van der Waals surface area (Å²) in [5.74, 6) is 2.44. The van der Waals surface area contributed by atoms with Crippen LogP contribution >= 0.6 is 0 Å². The van der Waals surface area contributed by atoms with Gasteiger partial charge in [-0.05, 0) is 12.2 Å². The molecule has 1 N–H and O–H groups in total. The fraction of sp³-hybridized carbons (Fsp3) is 0. The maximum Gasteiger partial charge on any atom is 0.123 e. The lowest BCUT2D eigenvalue weighted by atomic mass is 10.1. The van der Waals surface area contributed by atoms with Gasteiger partial charge >= 0.3 is 0 Å². The molecule has 0 aliphatic carbocycles. The van der Waals surface area contributed by atoms with Crippen molar-refractivity contribution < 1.29 is 5.11 Å². The van der Waals surface area contributed by atoms with Crippen LogP contribution in [0, 0.1) is 12.3 Å². The molecule has 0 aromatic rings. The summed E-state index contributed by atoms with van der Waals surface area (Å²) >= 11 is 0. The van der Waals surface area contributed by atoms with E-state index in [1.807, 2.05) is 0 Å². The summed E-state index contributed by atoms with van der Waals surface area (Å²) in [6.45, 7) is 10.5. The first-order valence-corrected chi connectivity index (χ1v) is 3.69. The summed E-state index contributed by atoms with van der Waals surface area (Å²) in [7, 11) is 0. The number of hydrogen-bond acceptors (Lipinski definition) is 1. The molecule has 0 amide bonds. The normalized spacial score (nSPS) is 12.4. The molecule has 0 heterocycles. The van der Waals surface area contributed by atoms with Gasteiger partial charge in [0.05, 0.1) is 0 Å². The van der Waals surface area contributed by atoms with Crippen LogP contribution < -0.4 is 0 Å². The molecular formula is C12H12O. The standard InChI is InChI=1S/C12H12O/c1-5-9-10(6-2)11(7-3)12(13)8-4/h2,5,7-9,13H,1,3-4H2/b10-9+,12-11-. The van der Waals surface area contributed by atoms with Gasteiger partial charge < -0.3 is 5.11 Å². The van der Waals surface area contributed by atoms with Crippen molar-refractivity contribution in [1.29, 1.82) is 0 Å². The van der Waals surface area contributed by atoms with Gasteiger partial charge in [-0.1, -0.05) is 37.8 Å². The van der Waals surface area contributed by atoms with Gasteiger partial charge in [0.25, 0.3) is 0 Å². The van der Waals surface area contributed by atoms with E-state index in [0.717, 1.165) is 0 Å². The lowest BCUT2D eigenvalue weighted by Gasteiger charge is -2.01. The number of rotatable bonds is 4. The van der Waals surface area contributed by atoms with Gasteiger partial charge in [-0.3, -0.25) is 0 Å². The molecule has 0 aliphatic rings. The van der Waals surface area contributed by atoms with Gasteiger partial charge in [-0.25, -0.2) is 0 Å². The fourth-order valence-electron chi connectivity index (χ4n) is 0.796. The van der Waals surface area contributed by atoms with Crippen LogP contribution in [-0.2, 0) is 0 Å². The predicted molar refractivity (Wildman–Crippen MR) is 57.2 cm³/mol. The zero-order valence-corrected chi connectivity index (χ0v) is 7.46. The molecule has 0 unspecified atom stereocenters. The zero-order chi connectivity index (χ0) is 10.3. The first kappa shape index (κ1) is 11.1. The van der Waals surface area contributed by atoms with Crippen molar-refractivity contribution in [1.82, 2.24) is 0 Å². The summed E-state index contributed by atoms with van der Waals surface area (Å²) in [6.07, 6.45) is 11.2. The summed E-state index contributed by atoms with van der Waals surface area (Å²) in [6, 6.07) is 0. The largest absolute Gasteiger partial charge is 0.507 e. The van der Waals surface area contributed by atoms with E-state index in [1.165, 1.54) is 12.2 Å². The Bertz CT molecular complexity index is 322. The molecule has 0 saturated carbocycles. The third-order valence-electron chi connectivity index (χ3n) is 1.40. The first-order valence-electron chi connectivity index (χ1n) is 3.69.